The van der Waals surface area contributed by atoms with Crippen LogP contribution in [0.4, 0.5) is 0 Å². The van der Waals surface area contributed by atoms with Gasteiger partial charge in [0.1, 0.15) is 11.6 Å². The molecule has 0 saturated carbocycles. The number of nitrogens with zero attached hydrogens (tertiary/aromatic N) is 1. The van der Waals surface area contributed by atoms with Gasteiger partial charge in [0.15, 0.2) is 0 Å². The van der Waals surface area contributed by atoms with E-state index >= 15 is 0 Å². The summed E-state index contributed by atoms with van der Waals surface area (Å²) in [6.07, 6.45) is 2.01. The maximum atomic E-state index is 5.28. The zero-order chi connectivity index (χ0) is 14.5. The Labute approximate surface area is 125 Å². The zero-order valence-electron chi connectivity index (χ0n) is 12.3. The van der Waals surface area contributed by atoms with Crippen molar-refractivity contribution in [1.29, 1.82) is 0 Å². The number of benzene rings is 2. The first kappa shape index (κ1) is 13.7. The minimum absolute atomic E-state index is 0.875. The third-order valence-electron chi connectivity index (χ3n) is 3.76. The Hall–Kier alpha value is -2.29. The largest absolute Gasteiger partial charge is 0.497 e. The van der Waals surface area contributed by atoms with Crippen molar-refractivity contribution in [3.63, 3.8) is 0 Å². The van der Waals surface area contributed by atoms with Gasteiger partial charge in [0, 0.05) is 12.1 Å². The number of aliphatic imine (C=N–C) groups is 1. The first-order chi connectivity index (χ1) is 10.4. The van der Waals surface area contributed by atoms with Crippen molar-refractivity contribution in [2.45, 2.75) is 12.8 Å². The highest BCUT2D eigenvalue weighted by Crippen LogP contribution is 2.17. The minimum Gasteiger partial charge on any atom is -0.497 e. The normalized spacial score (nSPS) is 13.7. The number of hydrogen-bond acceptors (Lipinski definition) is 3. The summed E-state index contributed by atoms with van der Waals surface area (Å²) in [4.78, 5) is 4.53. The van der Waals surface area contributed by atoms with E-state index in [1.165, 1.54) is 16.7 Å². The molecule has 108 valence electrons. The second-order valence-corrected chi connectivity index (χ2v) is 5.17. The van der Waals surface area contributed by atoms with Crippen LogP contribution in [0.2, 0.25) is 0 Å². The van der Waals surface area contributed by atoms with Crippen LogP contribution < -0.4 is 10.1 Å². The molecule has 0 unspecified atom stereocenters. The van der Waals surface area contributed by atoms with Gasteiger partial charge in [-0.05, 0) is 36.1 Å². The SMILES string of the molecule is COc1cccc(CCc2ccccc2C2=NCCN2)c1. The minimum atomic E-state index is 0.875. The molecule has 0 aromatic heterocycles. The van der Waals surface area contributed by atoms with E-state index in [2.05, 4.69) is 46.7 Å². The Bertz CT molecular complexity index is 649. The van der Waals surface area contributed by atoms with Crippen molar-refractivity contribution >= 4 is 5.84 Å². The number of hydrogen-bond donors (Lipinski definition) is 1. The predicted octanol–water partition coefficient (Wildman–Crippen LogP) is 2.83. The summed E-state index contributed by atoms with van der Waals surface area (Å²) in [6.45, 7) is 1.82. The third kappa shape index (κ3) is 3.24. The molecule has 3 heteroatoms. The molecule has 0 aliphatic carbocycles. The van der Waals surface area contributed by atoms with Crippen molar-refractivity contribution in [2.75, 3.05) is 20.2 Å². The van der Waals surface area contributed by atoms with Crippen molar-refractivity contribution in [3.8, 4) is 5.75 Å². The van der Waals surface area contributed by atoms with E-state index in [0.29, 0.717) is 0 Å². The fourth-order valence-electron chi connectivity index (χ4n) is 2.65. The van der Waals surface area contributed by atoms with Gasteiger partial charge in [-0.3, -0.25) is 4.99 Å². The number of ether oxygens (including phenoxy) is 1. The van der Waals surface area contributed by atoms with Crippen molar-refractivity contribution in [3.05, 3.63) is 65.2 Å². The molecule has 0 saturated heterocycles. The Kier molecular flexibility index (Phi) is 4.20. The average Bonchev–Trinajstić information content (AvgIpc) is 3.08. The maximum Gasteiger partial charge on any atom is 0.128 e. The lowest BCUT2D eigenvalue weighted by molar-refractivity contribution is 0.414. The van der Waals surface area contributed by atoms with Crippen molar-refractivity contribution in [1.82, 2.24) is 5.32 Å². The van der Waals surface area contributed by atoms with Gasteiger partial charge in [-0.1, -0.05) is 36.4 Å². The lowest BCUT2D eigenvalue weighted by atomic mass is 9.99. The van der Waals surface area contributed by atoms with Crippen LogP contribution >= 0.6 is 0 Å². The quantitative estimate of drug-likeness (QED) is 0.913. The summed E-state index contributed by atoms with van der Waals surface area (Å²) in [5.41, 5.74) is 3.87. The lowest BCUT2D eigenvalue weighted by Crippen LogP contribution is -2.21. The van der Waals surface area contributed by atoms with Gasteiger partial charge in [-0.25, -0.2) is 0 Å². The Morgan fingerprint density at radius 2 is 2.00 bits per heavy atom. The van der Waals surface area contributed by atoms with Crippen LogP contribution in [-0.2, 0) is 12.8 Å². The van der Waals surface area contributed by atoms with E-state index in [0.717, 1.165) is 37.5 Å². The fourth-order valence-corrected chi connectivity index (χ4v) is 2.65. The molecule has 1 aliphatic heterocycles. The first-order valence-corrected chi connectivity index (χ1v) is 7.36. The number of aryl methyl sites for hydroxylation is 2. The Morgan fingerprint density at radius 1 is 1.10 bits per heavy atom. The third-order valence-corrected chi connectivity index (χ3v) is 3.76. The Balaban J connectivity index is 1.76. The highest BCUT2D eigenvalue weighted by molar-refractivity contribution is 6.01. The van der Waals surface area contributed by atoms with E-state index < -0.39 is 0 Å². The van der Waals surface area contributed by atoms with Crippen LogP contribution in [0.1, 0.15) is 16.7 Å². The van der Waals surface area contributed by atoms with E-state index in [9.17, 15) is 0 Å². The van der Waals surface area contributed by atoms with Gasteiger partial charge in [-0.15, -0.1) is 0 Å². The standard InChI is InChI=1S/C18H20N2O/c1-21-16-7-4-5-14(13-16)9-10-15-6-2-3-8-17(15)18-19-11-12-20-18/h2-8,13H,9-12H2,1H3,(H,19,20). The van der Waals surface area contributed by atoms with Gasteiger partial charge >= 0.3 is 0 Å². The van der Waals surface area contributed by atoms with Gasteiger partial charge in [-0.2, -0.15) is 0 Å². The molecule has 1 N–H and O–H groups in total. The van der Waals surface area contributed by atoms with Crippen molar-refractivity contribution < 1.29 is 4.74 Å². The van der Waals surface area contributed by atoms with Crippen LogP contribution in [0.3, 0.4) is 0 Å². The Morgan fingerprint density at radius 3 is 2.81 bits per heavy atom. The highest BCUT2D eigenvalue weighted by Gasteiger charge is 2.11. The lowest BCUT2D eigenvalue weighted by Gasteiger charge is -2.10. The topological polar surface area (TPSA) is 33.6 Å². The van der Waals surface area contributed by atoms with E-state index in [4.69, 9.17) is 4.74 Å². The molecule has 21 heavy (non-hydrogen) atoms. The monoisotopic (exact) mass is 280 g/mol. The molecule has 0 spiro atoms. The highest BCUT2D eigenvalue weighted by atomic mass is 16.5. The maximum absolute atomic E-state index is 5.28. The summed E-state index contributed by atoms with van der Waals surface area (Å²) in [6, 6.07) is 16.8. The van der Waals surface area contributed by atoms with E-state index in [-0.39, 0.29) is 0 Å². The average molecular weight is 280 g/mol. The molecule has 1 aliphatic rings. The van der Waals surface area contributed by atoms with Gasteiger partial charge < -0.3 is 10.1 Å². The van der Waals surface area contributed by atoms with Crippen LogP contribution in [0.25, 0.3) is 0 Å². The molecule has 0 amide bonds. The number of nitrogens with one attached hydrogen (secondary N) is 1. The molecule has 0 bridgehead atoms. The van der Waals surface area contributed by atoms with Crippen LogP contribution in [0.15, 0.2) is 53.5 Å². The summed E-state index contributed by atoms with van der Waals surface area (Å²) >= 11 is 0. The molecular formula is C18H20N2O. The van der Waals surface area contributed by atoms with Crippen LogP contribution in [-0.4, -0.2) is 26.0 Å². The molecule has 3 rings (SSSR count). The molecule has 2 aromatic rings. The number of methoxy groups -OCH3 is 1. The van der Waals surface area contributed by atoms with E-state index in [1.807, 2.05) is 12.1 Å². The summed E-state index contributed by atoms with van der Waals surface area (Å²) in [5, 5.41) is 3.36. The van der Waals surface area contributed by atoms with E-state index in [1.54, 1.807) is 7.11 Å². The molecular weight excluding hydrogens is 260 g/mol. The fraction of sp³-hybridized carbons (Fsp3) is 0.278. The zero-order valence-corrected chi connectivity index (χ0v) is 12.3. The predicted molar refractivity (Wildman–Crippen MR) is 86.3 cm³/mol. The van der Waals surface area contributed by atoms with Gasteiger partial charge in [0.05, 0.1) is 13.7 Å². The summed E-state index contributed by atoms with van der Waals surface area (Å²) in [5.74, 6) is 1.96. The second-order valence-electron chi connectivity index (χ2n) is 5.17. The van der Waals surface area contributed by atoms with Crippen molar-refractivity contribution in [2.24, 2.45) is 4.99 Å². The molecule has 1 heterocycles. The van der Waals surface area contributed by atoms with Gasteiger partial charge in [0.2, 0.25) is 0 Å². The number of rotatable bonds is 5. The molecule has 0 radical (unpaired) electrons. The van der Waals surface area contributed by atoms with Crippen LogP contribution in [0, 0.1) is 0 Å². The summed E-state index contributed by atoms with van der Waals surface area (Å²) < 4.78 is 5.28. The molecule has 0 atom stereocenters. The summed E-state index contributed by atoms with van der Waals surface area (Å²) in [7, 11) is 1.71. The smallest absolute Gasteiger partial charge is 0.128 e. The number of amidine groups is 1. The molecule has 0 fully saturated rings. The second kappa shape index (κ2) is 6.44. The first-order valence-electron chi connectivity index (χ1n) is 7.36. The van der Waals surface area contributed by atoms with Gasteiger partial charge in [0.25, 0.3) is 0 Å². The molecule has 2 aromatic carbocycles. The van der Waals surface area contributed by atoms with Crippen LogP contribution in [0.5, 0.6) is 5.75 Å². The molecule has 3 nitrogen and oxygen atoms in total.